The van der Waals surface area contributed by atoms with Crippen LogP contribution in [0.3, 0.4) is 0 Å². The summed E-state index contributed by atoms with van der Waals surface area (Å²) >= 11 is 4.23. The highest BCUT2D eigenvalue weighted by atomic mass is 32.2. The number of carbonyl (C=O) groups excluding carboxylic acids is 1. The summed E-state index contributed by atoms with van der Waals surface area (Å²) in [7, 11) is -3.32. The van der Waals surface area contributed by atoms with Crippen LogP contribution in [0, 0.1) is 0 Å². The number of nitrogens with one attached hydrogen (secondary N) is 2. The third kappa shape index (κ3) is 3.69. The number of amides is 1. The third-order valence-corrected chi connectivity index (χ3v) is 7.31. The Morgan fingerprint density at radius 1 is 1.13 bits per heavy atom. The summed E-state index contributed by atoms with van der Waals surface area (Å²) in [6, 6.07) is 8.72. The average Bonchev–Trinajstić information content (AvgIpc) is 3.42. The van der Waals surface area contributed by atoms with Crippen LogP contribution in [0.5, 0.6) is 0 Å². The molecule has 1 aromatic carbocycles. The van der Waals surface area contributed by atoms with Crippen molar-refractivity contribution in [2.75, 3.05) is 16.3 Å². The van der Waals surface area contributed by atoms with Crippen LogP contribution in [-0.2, 0) is 10.0 Å². The molecule has 0 bridgehead atoms. The Morgan fingerprint density at radius 3 is 2.70 bits per heavy atom. The molecule has 0 radical (unpaired) electrons. The molecule has 1 amide bonds. The Balaban J connectivity index is 1.32. The number of aromatic nitrogens is 3. The number of hydrogen-bond donors (Lipinski definition) is 2. The van der Waals surface area contributed by atoms with E-state index in [1.165, 1.54) is 22.7 Å². The molecular weight excluding hydrogens is 462 g/mol. The molecule has 30 heavy (non-hydrogen) atoms. The molecule has 0 unspecified atom stereocenters. The van der Waals surface area contributed by atoms with E-state index in [0.29, 0.717) is 21.4 Å². The Bertz CT molecular complexity index is 1490. The first-order valence-corrected chi connectivity index (χ1v) is 13.0. The summed E-state index contributed by atoms with van der Waals surface area (Å²) < 4.78 is 27.0. The van der Waals surface area contributed by atoms with E-state index in [1.54, 1.807) is 35.6 Å². The molecule has 0 spiro atoms. The number of fused-ring (bicyclic) bond motifs is 3. The zero-order chi connectivity index (χ0) is 20.9. The molecule has 2 N–H and O–H groups in total. The Morgan fingerprint density at radius 2 is 1.93 bits per heavy atom. The number of imidazole rings is 1. The summed E-state index contributed by atoms with van der Waals surface area (Å²) in [4.78, 5) is 23.9. The van der Waals surface area contributed by atoms with E-state index in [4.69, 9.17) is 0 Å². The van der Waals surface area contributed by atoms with Gasteiger partial charge in [0.2, 0.25) is 10.0 Å². The van der Waals surface area contributed by atoms with E-state index >= 15 is 0 Å². The summed E-state index contributed by atoms with van der Waals surface area (Å²) in [5, 5.41) is 7.12. The van der Waals surface area contributed by atoms with Gasteiger partial charge in [-0.05, 0) is 18.2 Å². The molecule has 5 aromatic rings. The van der Waals surface area contributed by atoms with Crippen LogP contribution < -0.4 is 10.0 Å². The predicted molar refractivity (Wildman–Crippen MR) is 122 cm³/mol. The number of sulfonamides is 1. The molecular formula is C18H13N5O3S4. The van der Waals surface area contributed by atoms with E-state index in [9.17, 15) is 13.2 Å². The van der Waals surface area contributed by atoms with Crippen LogP contribution in [0.1, 0.15) is 9.67 Å². The van der Waals surface area contributed by atoms with Crippen molar-refractivity contribution < 1.29 is 13.2 Å². The van der Waals surface area contributed by atoms with Gasteiger partial charge < -0.3 is 0 Å². The van der Waals surface area contributed by atoms with Gasteiger partial charge in [-0.3, -0.25) is 19.2 Å². The number of thiophene rings is 1. The van der Waals surface area contributed by atoms with Gasteiger partial charge in [0, 0.05) is 28.2 Å². The van der Waals surface area contributed by atoms with Crippen LogP contribution in [0.15, 0.2) is 47.3 Å². The number of hydrogen-bond acceptors (Lipinski definition) is 8. The Labute approximate surface area is 182 Å². The van der Waals surface area contributed by atoms with Crippen LogP contribution in [0.4, 0.5) is 10.8 Å². The molecule has 5 rings (SSSR count). The zero-order valence-corrected chi connectivity index (χ0v) is 18.6. The zero-order valence-electron chi connectivity index (χ0n) is 15.3. The van der Waals surface area contributed by atoms with Gasteiger partial charge in [-0.15, -0.1) is 34.0 Å². The molecule has 0 saturated carbocycles. The number of anilines is 2. The van der Waals surface area contributed by atoms with Crippen molar-refractivity contribution in [3.05, 3.63) is 52.2 Å². The second kappa shape index (κ2) is 7.16. The average molecular weight is 476 g/mol. The molecule has 152 valence electrons. The smallest absolute Gasteiger partial charge is 0.267 e. The van der Waals surface area contributed by atoms with E-state index in [-0.39, 0.29) is 5.91 Å². The highest BCUT2D eigenvalue weighted by molar-refractivity contribution is 7.92. The lowest BCUT2D eigenvalue weighted by atomic mass is 10.1. The lowest BCUT2D eigenvalue weighted by molar-refractivity contribution is 0.103. The monoisotopic (exact) mass is 475 g/mol. The molecule has 4 aromatic heterocycles. The standard InChI is InChI=1S/C18H13N5O3S4/c1-30(25,26)22-11-4-2-10(3-5-11)12-9-28-17(19-12)20-15(24)14-8-13-16(29-14)21-18-23(13)6-7-27-18/h2-9,22H,1H3,(H,19,20,24). The van der Waals surface area contributed by atoms with Gasteiger partial charge in [0.05, 0.1) is 22.3 Å². The van der Waals surface area contributed by atoms with Gasteiger partial charge in [-0.2, -0.15) is 0 Å². The van der Waals surface area contributed by atoms with Crippen molar-refractivity contribution in [3.8, 4) is 11.3 Å². The second-order valence-corrected chi connectivity index (χ2v) is 10.9. The van der Waals surface area contributed by atoms with Crippen molar-refractivity contribution in [1.82, 2.24) is 14.4 Å². The minimum absolute atomic E-state index is 0.226. The molecule has 0 aliphatic rings. The third-order valence-electron chi connectivity index (χ3n) is 4.17. The van der Waals surface area contributed by atoms with Gasteiger partial charge in [-0.25, -0.2) is 18.4 Å². The lowest BCUT2D eigenvalue weighted by Crippen LogP contribution is -2.09. The van der Waals surface area contributed by atoms with Crippen molar-refractivity contribution in [1.29, 1.82) is 0 Å². The van der Waals surface area contributed by atoms with Crippen molar-refractivity contribution >= 4 is 76.1 Å². The van der Waals surface area contributed by atoms with Gasteiger partial charge in [0.1, 0.15) is 4.83 Å². The van der Waals surface area contributed by atoms with Crippen molar-refractivity contribution in [2.45, 2.75) is 0 Å². The first-order valence-electron chi connectivity index (χ1n) is 8.56. The van der Waals surface area contributed by atoms with Crippen LogP contribution in [-0.4, -0.2) is 34.9 Å². The maximum absolute atomic E-state index is 12.6. The van der Waals surface area contributed by atoms with Crippen LogP contribution in [0.2, 0.25) is 0 Å². The number of carbonyl (C=O) groups is 1. The fourth-order valence-corrected chi connectivity index (χ4v) is 5.88. The fraction of sp³-hybridized carbons (Fsp3) is 0.0556. The molecule has 8 nitrogen and oxygen atoms in total. The molecule has 4 heterocycles. The topological polar surface area (TPSA) is 105 Å². The maximum atomic E-state index is 12.6. The van der Waals surface area contributed by atoms with E-state index in [0.717, 1.165) is 27.1 Å². The predicted octanol–water partition coefficient (Wildman–Crippen LogP) is 4.36. The minimum Gasteiger partial charge on any atom is -0.297 e. The SMILES string of the molecule is CS(=O)(=O)Nc1ccc(-c2csc(NC(=O)c3cc4c(nc5sccn54)s3)n2)cc1. The largest absolute Gasteiger partial charge is 0.297 e. The van der Waals surface area contributed by atoms with Gasteiger partial charge in [0.25, 0.3) is 5.91 Å². The van der Waals surface area contributed by atoms with E-state index in [1.807, 2.05) is 27.4 Å². The first kappa shape index (κ1) is 19.2. The Hall–Kier alpha value is -2.80. The molecule has 0 atom stereocenters. The number of thiazole rings is 2. The fourth-order valence-electron chi connectivity index (χ4n) is 2.91. The second-order valence-electron chi connectivity index (χ2n) is 6.41. The molecule has 0 aliphatic heterocycles. The van der Waals surface area contributed by atoms with Crippen LogP contribution >= 0.6 is 34.0 Å². The van der Waals surface area contributed by atoms with Crippen molar-refractivity contribution in [3.63, 3.8) is 0 Å². The lowest BCUT2D eigenvalue weighted by Gasteiger charge is -2.04. The number of nitrogens with zero attached hydrogens (tertiary/aromatic N) is 3. The van der Waals surface area contributed by atoms with Crippen LogP contribution in [0.25, 0.3) is 26.6 Å². The first-order chi connectivity index (χ1) is 14.4. The molecule has 0 saturated heterocycles. The van der Waals surface area contributed by atoms with E-state index < -0.39 is 10.0 Å². The van der Waals surface area contributed by atoms with E-state index in [2.05, 4.69) is 20.0 Å². The summed E-state index contributed by atoms with van der Waals surface area (Å²) in [5.41, 5.74) is 2.92. The highest BCUT2D eigenvalue weighted by Gasteiger charge is 2.16. The van der Waals surface area contributed by atoms with Crippen molar-refractivity contribution in [2.24, 2.45) is 0 Å². The quantitative estimate of drug-likeness (QED) is 0.393. The molecule has 12 heteroatoms. The highest BCUT2D eigenvalue weighted by Crippen LogP contribution is 2.30. The van der Waals surface area contributed by atoms with Gasteiger partial charge >= 0.3 is 0 Å². The van der Waals surface area contributed by atoms with Gasteiger partial charge in [0.15, 0.2) is 10.1 Å². The summed E-state index contributed by atoms with van der Waals surface area (Å²) in [5.74, 6) is -0.226. The number of benzene rings is 1. The Kier molecular flexibility index (Phi) is 4.58. The normalized spacial score (nSPS) is 11.9. The summed E-state index contributed by atoms with van der Waals surface area (Å²) in [6.07, 6.45) is 3.04. The van der Waals surface area contributed by atoms with Gasteiger partial charge in [-0.1, -0.05) is 12.1 Å². The summed E-state index contributed by atoms with van der Waals surface area (Å²) in [6.45, 7) is 0. The maximum Gasteiger partial charge on any atom is 0.267 e. The molecule has 0 aliphatic carbocycles. The number of rotatable bonds is 5. The minimum atomic E-state index is -3.32. The molecule has 0 fully saturated rings.